The first-order valence-corrected chi connectivity index (χ1v) is 5.21. The summed E-state index contributed by atoms with van der Waals surface area (Å²) in [6, 6.07) is 0. The fourth-order valence-corrected chi connectivity index (χ4v) is 1.000. The average molecular weight is 231 g/mol. The van der Waals surface area contributed by atoms with Gasteiger partial charge < -0.3 is 21.1 Å². The van der Waals surface area contributed by atoms with Gasteiger partial charge in [0.2, 0.25) is 0 Å². The number of hydrogen-bond acceptors (Lipinski definition) is 4. The van der Waals surface area contributed by atoms with Gasteiger partial charge in [-0.15, -0.1) is 0 Å². The molecule has 0 amide bonds. The van der Waals surface area contributed by atoms with Crippen molar-refractivity contribution in [3.8, 4) is 0 Å². The number of nitrogens with two attached hydrogens (primary N) is 1. The molecule has 5 heteroatoms. The number of hydrogen-bond donors (Lipinski definition) is 4. The molecule has 0 unspecified atom stereocenters. The summed E-state index contributed by atoms with van der Waals surface area (Å²) in [7, 11) is 0. The van der Waals surface area contributed by atoms with Crippen molar-refractivity contribution < 1.29 is 39.7 Å². The fraction of sp³-hybridized carbons (Fsp3) is 0.556. The molecule has 0 radical (unpaired) electrons. The van der Waals surface area contributed by atoms with Gasteiger partial charge in [0, 0.05) is 0 Å². The summed E-state index contributed by atoms with van der Waals surface area (Å²) in [5.74, 6) is 0. The molecule has 1 aliphatic carbocycles. The van der Waals surface area contributed by atoms with Crippen molar-refractivity contribution in [2.45, 2.75) is 12.0 Å². The van der Waals surface area contributed by atoms with Gasteiger partial charge in [-0.25, -0.2) is 0 Å². The first kappa shape index (κ1) is 14.2. The predicted octanol–water partition coefficient (Wildman–Crippen LogP) is -0.962. The average Bonchev–Trinajstić information content (AvgIpc) is 2.69. The molecule has 0 aromatic heterocycles. The fourth-order valence-electron chi connectivity index (χ4n) is 0.614. The van der Waals surface area contributed by atoms with Crippen LogP contribution in [0.3, 0.4) is 0 Å². The van der Waals surface area contributed by atoms with Gasteiger partial charge in [-0.2, -0.15) is 0 Å². The Labute approximate surface area is 98.7 Å². The molecule has 0 aliphatic heterocycles. The van der Waals surface area contributed by atoms with Gasteiger partial charge in [0.1, 0.15) is 0 Å². The topological polar surface area (TPSA) is 86.7 Å². The minimum atomic E-state index is -1.21. The van der Waals surface area contributed by atoms with Crippen molar-refractivity contribution >= 4 is 0 Å². The van der Waals surface area contributed by atoms with Crippen molar-refractivity contribution in [3.63, 3.8) is 0 Å². The van der Waals surface area contributed by atoms with Gasteiger partial charge in [-0.1, -0.05) is 0 Å². The maximum atomic E-state index is 8.34. The van der Waals surface area contributed by atoms with E-state index in [1.165, 1.54) is 9.75 Å². The molecule has 14 heavy (non-hydrogen) atoms. The van der Waals surface area contributed by atoms with Gasteiger partial charge in [-0.05, 0) is 0 Å². The van der Waals surface area contributed by atoms with E-state index in [-0.39, 0.29) is 0 Å². The Hall–Kier alpha value is 0.190. The van der Waals surface area contributed by atoms with Crippen molar-refractivity contribution in [3.05, 3.63) is 21.6 Å². The van der Waals surface area contributed by atoms with E-state index in [0.717, 1.165) is 0 Å². The predicted molar refractivity (Wildman–Crippen MR) is 50.0 cm³/mol. The molecule has 0 heterocycles. The number of rotatable bonds is 3. The molecule has 78 valence electrons. The third kappa shape index (κ3) is 5.82. The second-order valence-electron chi connectivity index (χ2n) is 3.21. The molecule has 0 saturated carbocycles. The number of allylic oxidation sites excluding steroid dienone is 4. The first-order valence-electron chi connectivity index (χ1n) is 4.30. The molecule has 0 bridgehead atoms. The molecule has 0 aromatic carbocycles. The summed E-state index contributed by atoms with van der Waals surface area (Å²) in [6.07, 6.45) is 7.65. The Kier molecular flexibility index (Phi) is 7.58. The molecule has 0 fully saturated rings. The van der Waals surface area contributed by atoms with Gasteiger partial charge in [0.15, 0.2) is 0 Å². The van der Waals surface area contributed by atoms with Crippen LogP contribution >= 0.6 is 0 Å². The van der Waals surface area contributed by atoms with Gasteiger partial charge >= 0.3 is 52.4 Å². The zero-order valence-electron chi connectivity index (χ0n) is 8.06. The molecule has 1 rings (SSSR count). The second kappa shape index (κ2) is 7.48. The molecular formula is C9H16NO3Sc. The van der Waals surface area contributed by atoms with E-state index in [0.29, 0.717) is 0 Å². The number of aliphatic hydroxyl groups is 3. The van der Waals surface area contributed by atoms with E-state index in [1.54, 1.807) is 24.4 Å². The second-order valence-corrected chi connectivity index (χ2v) is 4.37. The van der Waals surface area contributed by atoms with Gasteiger partial charge in [0.05, 0.1) is 25.4 Å². The van der Waals surface area contributed by atoms with Crippen molar-refractivity contribution in [2.75, 3.05) is 19.8 Å². The molecule has 0 spiro atoms. The van der Waals surface area contributed by atoms with E-state index in [2.05, 4.69) is 18.2 Å². The van der Waals surface area contributed by atoms with Crippen LogP contribution < -0.4 is 5.73 Å². The van der Waals surface area contributed by atoms with Crippen LogP contribution in [0.25, 0.3) is 0 Å². The van der Waals surface area contributed by atoms with E-state index in [9.17, 15) is 0 Å². The van der Waals surface area contributed by atoms with E-state index in [1.807, 2.05) is 0 Å². The minimum absolute atomic E-state index is 0.403. The summed E-state index contributed by atoms with van der Waals surface area (Å²) in [5, 5.41) is 25.0. The standard InChI is InChI=1S/C5H5.C4H11NO3.Sc/c1-2-4-5-3-1;5-4(1-6,2-7)3-8;/h1-3H,4H2;6-8H,1-3,5H2;. The Bertz CT molecular complexity index is 204. The summed E-state index contributed by atoms with van der Waals surface area (Å²) in [6.45, 7) is -1.21. The third-order valence-electron chi connectivity index (χ3n) is 1.74. The van der Waals surface area contributed by atoms with Crippen LogP contribution in [-0.4, -0.2) is 40.7 Å². The van der Waals surface area contributed by atoms with Crippen LogP contribution in [0, 0.1) is 0 Å². The van der Waals surface area contributed by atoms with Gasteiger partial charge in [-0.3, -0.25) is 0 Å². The Morgan fingerprint density at radius 1 is 1.29 bits per heavy atom. The molecule has 5 N–H and O–H groups in total. The van der Waals surface area contributed by atoms with Crippen LogP contribution in [0.1, 0.15) is 6.42 Å². The quantitative estimate of drug-likeness (QED) is 0.504. The van der Waals surface area contributed by atoms with Crippen molar-refractivity contribution in [2.24, 2.45) is 5.73 Å². The summed E-state index contributed by atoms with van der Waals surface area (Å²) >= 11 is 1.74. The van der Waals surface area contributed by atoms with E-state index >= 15 is 0 Å². The third-order valence-corrected chi connectivity index (χ3v) is 2.41. The first-order chi connectivity index (χ1) is 6.58. The monoisotopic (exact) mass is 231 g/mol. The van der Waals surface area contributed by atoms with Crippen LogP contribution in [-0.2, 0) is 24.4 Å². The zero-order valence-corrected chi connectivity index (χ0v) is 9.86. The summed E-state index contributed by atoms with van der Waals surface area (Å²) in [5.41, 5.74) is 3.94. The summed E-state index contributed by atoms with van der Waals surface area (Å²) in [4.78, 5) is 0. The van der Waals surface area contributed by atoms with Crippen LogP contribution in [0.4, 0.5) is 0 Å². The molecule has 0 aromatic rings. The van der Waals surface area contributed by atoms with Gasteiger partial charge in [0.25, 0.3) is 0 Å². The van der Waals surface area contributed by atoms with E-state index in [4.69, 9.17) is 21.1 Å². The molecule has 4 nitrogen and oxygen atoms in total. The van der Waals surface area contributed by atoms with E-state index < -0.39 is 25.4 Å². The molecule has 1 aliphatic rings. The maximum absolute atomic E-state index is 8.34. The van der Waals surface area contributed by atoms with Crippen LogP contribution in [0.2, 0.25) is 0 Å². The Morgan fingerprint density at radius 2 is 1.79 bits per heavy atom. The Morgan fingerprint density at radius 3 is 1.86 bits per heavy atom. The SMILES string of the molecule is NC(CO)(CO)CO.[Sc][C]1=CC=CC1. The normalized spacial score (nSPS) is 14.6. The van der Waals surface area contributed by atoms with Crippen LogP contribution in [0.5, 0.6) is 0 Å². The number of aliphatic hydroxyl groups excluding tert-OH is 3. The van der Waals surface area contributed by atoms with Crippen LogP contribution in [0.15, 0.2) is 21.6 Å². The Balaban J connectivity index is 0.000000249. The molecule has 0 atom stereocenters. The van der Waals surface area contributed by atoms with Crippen molar-refractivity contribution in [1.82, 2.24) is 0 Å². The zero-order chi connectivity index (χ0) is 11.0. The molecular weight excluding hydrogens is 215 g/mol. The summed E-state index contributed by atoms with van der Waals surface area (Å²) < 4.78 is 1.53. The van der Waals surface area contributed by atoms with Crippen molar-refractivity contribution in [1.29, 1.82) is 0 Å². The molecule has 0 saturated heterocycles.